The molecular weight excluding hydrogens is 250 g/mol. The number of anilines is 1. The minimum atomic E-state index is -0.0730. The van der Waals surface area contributed by atoms with E-state index in [1.54, 1.807) is 0 Å². The van der Waals surface area contributed by atoms with Crippen LogP contribution >= 0.6 is 12.2 Å². The number of carbonyl (C=O) groups excluding carboxylic acids is 1. The number of hydrogen-bond acceptors (Lipinski definition) is 4. The Balaban J connectivity index is 2.08. The van der Waals surface area contributed by atoms with Gasteiger partial charge in [0.15, 0.2) is 10.3 Å². The number of terminal acetylenes is 1. The summed E-state index contributed by atoms with van der Waals surface area (Å²) in [6.07, 6.45) is 7.21. The number of nitrogens with zero attached hydrogens (tertiary/aromatic N) is 3. The lowest BCUT2D eigenvalue weighted by Crippen LogP contribution is -2.26. The monoisotopic (exact) mass is 259 g/mol. The molecule has 2 N–H and O–H groups in total. The molecule has 3 rings (SSSR count). The van der Waals surface area contributed by atoms with E-state index in [1.165, 1.54) is 11.2 Å². The summed E-state index contributed by atoms with van der Waals surface area (Å²) >= 11 is 5.15. The van der Waals surface area contributed by atoms with Gasteiger partial charge in [0.25, 0.3) is 0 Å². The molecule has 1 saturated heterocycles. The Labute approximate surface area is 107 Å². The van der Waals surface area contributed by atoms with Crippen LogP contribution in [0.3, 0.4) is 0 Å². The predicted molar refractivity (Wildman–Crippen MR) is 68.4 cm³/mol. The number of imidazole rings is 1. The maximum atomic E-state index is 11.8. The average Bonchev–Trinajstić information content (AvgIpc) is 2.95. The van der Waals surface area contributed by atoms with Gasteiger partial charge in [0, 0.05) is 18.9 Å². The van der Waals surface area contributed by atoms with Crippen molar-refractivity contribution < 1.29 is 4.79 Å². The lowest BCUT2D eigenvalue weighted by atomic mass is 10.1. The van der Waals surface area contributed by atoms with E-state index in [0.29, 0.717) is 34.7 Å². The molecule has 1 fully saturated rings. The zero-order chi connectivity index (χ0) is 12.7. The van der Waals surface area contributed by atoms with Gasteiger partial charge in [0.1, 0.15) is 5.52 Å². The molecule has 3 heterocycles. The van der Waals surface area contributed by atoms with E-state index in [1.807, 2.05) is 0 Å². The third kappa shape index (κ3) is 1.58. The Morgan fingerprint density at radius 2 is 2.44 bits per heavy atom. The summed E-state index contributed by atoms with van der Waals surface area (Å²) in [7, 11) is 0. The van der Waals surface area contributed by atoms with Gasteiger partial charge in [-0.15, -0.1) is 12.3 Å². The van der Waals surface area contributed by atoms with E-state index in [2.05, 4.69) is 25.9 Å². The second kappa shape index (κ2) is 3.92. The van der Waals surface area contributed by atoms with Crippen molar-refractivity contribution >= 4 is 35.2 Å². The summed E-state index contributed by atoms with van der Waals surface area (Å²) < 4.78 is 0.383. The van der Waals surface area contributed by atoms with Crippen molar-refractivity contribution in [2.75, 3.05) is 11.4 Å². The molecule has 1 atom stereocenters. The molecule has 18 heavy (non-hydrogen) atoms. The summed E-state index contributed by atoms with van der Waals surface area (Å²) in [6, 6.07) is 0. The first-order valence-corrected chi connectivity index (χ1v) is 5.80. The molecule has 1 amide bonds. The maximum absolute atomic E-state index is 11.8. The quantitative estimate of drug-likeness (QED) is 0.591. The fraction of sp³-hybridized carbons (Fsp3) is 0.273. The highest BCUT2D eigenvalue weighted by atomic mass is 32.1. The third-order valence-electron chi connectivity index (χ3n) is 2.91. The van der Waals surface area contributed by atoms with Crippen molar-refractivity contribution in [2.24, 2.45) is 5.92 Å². The van der Waals surface area contributed by atoms with Crippen LogP contribution in [0.1, 0.15) is 6.42 Å². The minimum Gasteiger partial charge on any atom is -0.341 e. The van der Waals surface area contributed by atoms with Gasteiger partial charge < -0.3 is 9.97 Å². The van der Waals surface area contributed by atoms with Crippen LogP contribution < -0.4 is 4.90 Å². The molecule has 2 aromatic heterocycles. The number of fused-ring (bicyclic) bond motifs is 1. The number of hydrogen-bond donors (Lipinski definition) is 2. The molecule has 2 aromatic rings. The summed E-state index contributed by atoms with van der Waals surface area (Å²) in [5, 5.41) is 0. The number of aromatic nitrogens is 4. The van der Waals surface area contributed by atoms with Crippen molar-refractivity contribution in [3.8, 4) is 12.3 Å². The summed E-state index contributed by atoms with van der Waals surface area (Å²) in [5.41, 5.74) is 1.25. The molecule has 6 nitrogen and oxygen atoms in total. The average molecular weight is 259 g/mol. The van der Waals surface area contributed by atoms with E-state index in [-0.39, 0.29) is 11.8 Å². The van der Waals surface area contributed by atoms with Crippen LogP contribution in [-0.4, -0.2) is 32.4 Å². The minimum absolute atomic E-state index is 0.0500. The van der Waals surface area contributed by atoms with Crippen LogP contribution in [-0.2, 0) is 4.79 Å². The number of H-pyrrole nitrogens is 2. The first-order valence-electron chi connectivity index (χ1n) is 5.39. The fourth-order valence-electron chi connectivity index (χ4n) is 1.99. The molecule has 0 bridgehead atoms. The van der Waals surface area contributed by atoms with Crippen molar-refractivity contribution in [1.82, 2.24) is 19.9 Å². The number of rotatable bonds is 1. The fourth-order valence-corrected chi connectivity index (χ4v) is 2.23. The lowest BCUT2D eigenvalue weighted by molar-refractivity contribution is -0.117. The zero-order valence-corrected chi connectivity index (χ0v) is 10.1. The van der Waals surface area contributed by atoms with Crippen molar-refractivity contribution in [2.45, 2.75) is 6.42 Å². The number of amides is 1. The van der Waals surface area contributed by atoms with E-state index in [4.69, 9.17) is 18.6 Å². The lowest BCUT2D eigenvalue weighted by Gasteiger charge is -2.13. The van der Waals surface area contributed by atoms with Crippen molar-refractivity contribution in [1.29, 1.82) is 0 Å². The van der Waals surface area contributed by atoms with E-state index < -0.39 is 0 Å². The Morgan fingerprint density at radius 1 is 1.61 bits per heavy atom. The normalized spacial score (nSPS) is 19.4. The topological polar surface area (TPSA) is 77.7 Å². The molecular formula is C11H9N5OS. The van der Waals surface area contributed by atoms with Crippen LogP contribution in [0.25, 0.3) is 11.2 Å². The van der Waals surface area contributed by atoms with Gasteiger partial charge in [0.2, 0.25) is 11.9 Å². The molecule has 1 unspecified atom stereocenters. The number of carbonyl (C=O) groups is 1. The predicted octanol–water partition coefficient (Wildman–Crippen LogP) is 1.00. The Morgan fingerprint density at radius 3 is 3.17 bits per heavy atom. The molecule has 1 aliphatic rings. The second-order valence-corrected chi connectivity index (χ2v) is 4.45. The standard InChI is InChI=1S/C11H9N5OS/c1-2-6-3-7(17)16(4-6)11-14-9-8(10(18)15-11)12-5-13-9/h1,5-6H,3-4H2,(H2,12,13,14,15,18). The molecule has 7 heteroatoms. The van der Waals surface area contributed by atoms with E-state index in [9.17, 15) is 4.79 Å². The summed E-state index contributed by atoms with van der Waals surface area (Å²) in [4.78, 5) is 27.5. The first kappa shape index (κ1) is 10.9. The molecule has 0 saturated carbocycles. The van der Waals surface area contributed by atoms with Gasteiger partial charge in [-0.25, -0.2) is 9.97 Å². The van der Waals surface area contributed by atoms with Gasteiger partial charge in [-0.05, 0) is 0 Å². The largest absolute Gasteiger partial charge is 0.341 e. The Bertz CT molecular complexity index is 725. The van der Waals surface area contributed by atoms with Gasteiger partial charge in [-0.3, -0.25) is 9.69 Å². The molecule has 0 aliphatic carbocycles. The van der Waals surface area contributed by atoms with Crippen LogP contribution in [0.4, 0.5) is 5.95 Å². The van der Waals surface area contributed by atoms with Crippen LogP contribution in [0.2, 0.25) is 0 Å². The van der Waals surface area contributed by atoms with Crippen LogP contribution in [0.15, 0.2) is 6.33 Å². The smallest absolute Gasteiger partial charge is 0.230 e. The van der Waals surface area contributed by atoms with Crippen molar-refractivity contribution in [3.05, 3.63) is 11.0 Å². The summed E-state index contributed by atoms with van der Waals surface area (Å²) in [6.45, 7) is 0.462. The summed E-state index contributed by atoms with van der Waals surface area (Å²) in [5.74, 6) is 2.87. The zero-order valence-electron chi connectivity index (χ0n) is 9.30. The SMILES string of the molecule is C#CC1CC(=O)N(c2nc(=S)c3[nH]cnc3[nH]2)C1. The second-order valence-electron chi connectivity index (χ2n) is 4.06. The highest BCUT2D eigenvalue weighted by Gasteiger charge is 2.31. The van der Waals surface area contributed by atoms with Gasteiger partial charge in [-0.2, -0.15) is 0 Å². The van der Waals surface area contributed by atoms with Gasteiger partial charge in [0.05, 0.1) is 6.33 Å². The first-order chi connectivity index (χ1) is 8.69. The van der Waals surface area contributed by atoms with E-state index in [0.717, 1.165) is 0 Å². The molecule has 0 spiro atoms. The van der Waals surface area contributed by atoms with E-state index >= 15 is 0 Å². The van der Waals surface area contributed by atoms with Gasteiger partial charge >= 0.3 is 0 Å². The molecule has 1 aliphatic heterocycles. The number of aromatic amines is 2. The highest BCUT2D eigenvalue weighted by Crippen LogP contribution is 2.22. The molecule has 0 radical (unpaired) electrons. The third-order valence-corrected chi connectivity index (χ3v) is 3.20. The van der Waals surface area contributed by atoms with Crippen molar-refractivity contribution in [3.63, 3.8) is 0 Å². The Hall–Kier alpha value is -2.20. The van der Waals surface area contributed by atoms with Gasteiger partial charge in [-0.1, -0.05) is 12.2 Å². The number of nitrogens with one attached hydrogen (secondary N) is 2. The molecule has 90 valence electrons. The Kier molecular flexibility index (Phi) is 2.38. The van der Waals surface area contributed by atoms with Crippen LogP contribution in [0.5, 0.6) is 0 Å². The highest BCUT2D eigenvalue weighted by molar-refractivity contribution is 7.71. The molecule has 0 aromatic carbocycles. The maximum Gasteiger partial charge on any atom is 0.230 e. The van der Waals surface area contributed by atoms with Crippen LogP contribution in [0, 0.1) is 22.9 Å².